The minimum absolute atomic E-state index is 0.0205. The van der Waals surface area contributed by atoms with Crippen LogP contribution in [0.25, 0.3) is 0 Å². The molecule has 0 bridgehead atoms. The van der Waals surface area contributed by atoms with E-state index in [9.17, 15) is 14.7 Å². The highest BCUT2D eigenvalue weighted by molar-refractivity contribution is 5.79. The lowest BCUT2D eigenvalue weighted by atomic mass is 9.74. The zero-order valence-electron chi connectivity index (χ0n) is 11.3. The molecular weight excluding hydrogens is 246 g/mol. The molecule has 108 valence electrons. The Balaban J connectivity index is 1.81. The highest BCUT2D eigenvalue weighted by Crippen LogP contribution is 2.36. The van der Waals surface area contributed by atoms with Gasteiger partial charge in [-0.05, 0) is 25.7 Å². The first-order chi connectivity index (χ1) is 9.12. The van der Waals surface area contributed by atoms with Crippen LogP contribution in [0.4, 0.5) is 0 Å². The number of amides is 1. The molecule has 1 aliphatic carbocycles. The molecule has 1 amide bonds. The molecule has 2 fully saturated rings. The SMILES string of the molecule is O=C(CC1CCCO1)NCC1(C(=O)O)CCCCC1. The molecule has 1 saturated carbocycles. The van der Waals surface area contributed by atoms with E-state index in [-0.39, 0.29) is 18.6 Å². The van der Waals surface area contributed by atoms with Crippen LogP contribution in [0.15, 0.2) is 0 Å². The van der Waals surface area contributed by atoms with Gasteiger partial charge in [0.05, 0.1) is 17.9 Å². The molecule has 2 N–H and O–H groups in total. The van der Waals surface area contributed by atoms with Crippen LogP contribution < -0.4 is 5.32 Å². The lowest BCUT2D eigenvalue weighted by Gasteiger charge is -2.33. The normalized spacial score (nSPS) is 26.0. The second-order valence-electron chi connectivity index (χ2n) is 5.76. The zero-order chi connectivity index (χ0) is 13.7. The van der Waals surface area contributed by atoms with Gasteiger partial charge in [0.15, 0.2) is 0 Å². The monoisotopic (exact) mass is 269 g/mol. The Hall–Kier alpha value is -1.10. The van der Waals surface area contributed by atoms with Crippen molar-refractivity contribution >= 4 is 11.9 Å². The molecule has 1 aliphatic heterocycles. The van der Waals surface area contributed by atoms with E-state index in [2.05, 4.69) is 5.32 Å². The maximum Gasteiger partial charge on any atom is 0.311 e. The fourth-order valence-electron chi connectivity index (χ4n) is 3.05. The molecule has 19 heavy (non-hydrogen) atoms. The van der Waals surface area contributed by atoms with Crippen LogP contribution in [-0.4, -0.2) is 36.2 Å². The van der Waals surface area contributed by atoms with Gasteiger partial charge in [0, 0.05) is 13.2 Å². The fourth-order valence-corrected chi connectivity index (χ4v) is 3.05. The average molecular weight is 269 g/mol. The van der Waals surface area contributed by atoms with E-state index in [0.29, 0.717) is 19.3 Å². The maximum atomic E-state index is 11.8. The van der Waals surface area contributed by atoms with Crippen molar-refractivity contribution < 1.29 is 19.4 Å². The minimum Gasteiger partial charge on any atom is -0.481 e. The molecule has 0 aromatic rings. The lowest BCUT2D eigenvalue weighted by molar-refractivity contribution is -0.151. The number of carboxylic acid groups (broad SMARTS) is 1. The van der Waals surface area contributed by atoms with Crippen molar-refractivity contribution in [3.8, 4) is 0 Å². The van der Waals surface area contributed by atoms with Gasteiger partial charge in [0.2, 0.25) is 5.91 Å². The van der Waals surface area contributed by atoms with Gasteiger partial charge in [-0.3, -0.25) is 9.59 Å². The van der Waals surface area contributed by atoms with E-state index < -0.39 is 11.4 Å². The van der Waals surface area contributed by atoms with Gasteiger partial charge in [0.1, 0.15) is 0 Å². The number of aliphatic carboxylic acids is 1. The predicted octanol–water partition coefficient (Wildman–Crippen LogP) is 1.71. The fraction of sp³-hybridized carbons (Fsp3) is 0.857. The van der Waals surface area contributed by atoms with E-state index in [1.807, 2.05) is 0 Å². The highest BCUT2D eigenvalue weighted by atomic mass is 16.5. The molecule has 2 rings (SSSR count). The summed E-state index contributed by atoms with van der Waals surface area (Å²) in [4.78, 5) is 23.3. The maximum absolute atomic E-state index is 11.8. The Bertz CT molecular complexity index is 330. The summed E-state index contributed by atoms with van der Waals surface area (Å²) in [6.07, 6.45) is 6.63. The molecule has 0 spiro atoms. The van der Waals surface area contributed by atoms with Crippen LogP contribution in [0.1, 0.15) is 51.4 Å². The van der Waals surface area contributed by atoms with Crippen molar-refractivity contribution in [2.45, 2.75) is 57.5 Å². The standard InChI is InChI=1S/C14H23NO4/c16-12(9-11-5-4-8-19-11)15-10-14(13(17)18)6-2-1-3-7-14/h11H,1-10H2,(H,15,16)(H,17,18). The summed E-state index contributed by atoms with van der Waals surface area (Å²) >= 11 is 0. The summed E-state index contributed by atoms with van der Waals surface area (Å²) in [5, 5.41) is 12.2. The van der Waals surface area contributed by atoms with Gasteiger partial charge >= 0.3 is 5.97 Å². The second kappa shape index (κ2) is 6.37. The van der Waals surface area contributed by atoms with Crippen LogP contribution in [-0.2, 0) is 14.3 Å². The van der Waals surface area contributed by atoms with Crippen LogP contribution in [0.5, 0.6) is 0 Å². The molecule has 1 saturated heterocycles. The Morgan fingerprint density at radius 3 is 2.53 bits per heavy atom. The molecule has 0 aromatic carbocycles. The average Bonchev–Trinajstić information content (AvgIpc) is 2.90. The third-order valence-corrected chi connectivity index (χ3v) is 4.33. The number of carbonyl (C=O) groups is 2. The Labute approximate surface area is 113 Å². The lowest BCUT2D eigenvalue weighted by Crippen LogP contribution is -2.44. The Morgan fingerprint density at radius 1 is 1.21 bits per heavy atom. The molecular formula is C14H23NO4. The number of ether oxygens (including phenoxy) is 1. The summed E-state index contributed by atoms with van der Waals surface area (Å²) in [5.41, 5.74) is -0.746. The summed E-state index contributed by atoms with van der Waals surface area (Å²) in [6.45, 7) is 0.991. The molecule has 0 aromatic heterocycles. The van der Waals surface area contributed by atoms with Crippen LogP contribution in [0, 0.1) is 5.41 Å². The van der Waals surface area contributed by atoms with Crippen LogP contribution in [0.2, 0.25) is 0 Å². The van der Waals surface area contributed by atoms with Crippen molar-refractivity contribution in [2.75, 3.05) is 13.2 Å². The highest BCUT2D eigenvalue weighted by Gasteiger charge is 2.39. The Kier molecular flexibility index (Phi) is 4.80. The van der Waals surface area contributed by atoms with Gasteiger partial charge < -0.3 is 15.2 Å². The first kappa shape index (κ1) is 14.3. The van der Waals surface area contributed by atoms with Crippen molar-refractivity contribution in [3.63, 3.8) is 0 Å². The van der Waals surface area contributed by atoms with Crippen molar-refractivity contribution in [3.05, 3.63) is 0 Å². The number of hydrogen-bond acceptors (Lipinski definition) is 3. The third-order valence-electron chi connectivity index (χ3n) is 4.33. The number of hydrogen-bond donors (Lipinski definition) is 2. The molecule has 1 unspecified atom stereocenters. The van der Waals surface area contributed by atoms with E-state index in [4.69, 9.17) is 4.74 Å². The van der Waals surface area contributed by atoms with Crippen molar-refractivity contribution in [1.82, 2.24) is 5.32 Å². The number of carboxylic acids is 1. The van der Waals surface area contributed by atoms with Crippen molar-refractivity contribution in [2.24, 2.45) is 5.41 Å². The molecule has 2 aliphatic rings. The van der Waals surface area contributed by atoms with Gasteiger partial charge in [-0.25, -0.2) is 0 Å². The minimum atomic E-state index is -0.774. The van der Waals surface area contributed by atoms with Gasteiger partial charge in [-0.1, -0.05) is 19.3 Å². The van der Waals surface area contributed by atoms with E-state index in [1.54, 1.807) is 0 Å². The first-order valence-electron chi connectivity index (χ1n) is 7.24. The van der Waals surface area contributed by atoms with Crippen LogP contribution >= 0.6 is 0 Å². The summed E-state index contributed by atoms with van der Waals surface area (Å²) in [7, 11) is 0. The Morgan fingerprint density at radius 2 is 1.95 bits per heavy atom. The molecule has 5 nitrogen and oxygen atoms in total. The predicted molar refractivity (Wildman–Crippen MR) is 69.8 cm³/mol. The molecule has 0 radical (unpaired) electrons. The summed E-state index contributed by atoms with van der Waals surface area (Å²) in [6, 6.07) is 0. The zero-order valence-corrected chi connectivity index (χ0v) is 11.3. The van der Waals surface area contributed by atoms with Gasteiger partial charge in [-0.2, -0.15) is 0 Å². The smallest absolute Gasteiger partial charge is 0.311 e. The molecule has 1 heterocycles. The second-order valence-corrected chi connectivity index (χ2v) is 5.76. The van der Waals surface area contributed by atoms with Crippen molar-refractivity contribution in [1.29, 1.82) is 0 Å². The third kappa shape index (κ3) is 3.69. The number of carbonyl (C=O) groups excluding carboxylic acids is 1. The topological polar surface area (TPSA) is 75.6 Å². The summed E-state index contributed by atoms with van der Waals surface area (Å²) < 4.78 is 5.41. The molecule has 1 atom stereocenters. The summed E-state index contributed by atoms with van der Waals surface area (Å²) in [5.74, 6) is -0.859. The van der Waals surface area contributed by atoms with E-state index >= 15 is 0 Å². The van der Waals surface area contributed by atoms with Crippen LogP contribution in [0.3, 0.4) is 0 Å². The van der Waals surface area contributed by atoms with E-state index in [0.717, 1.165) is 38.7 Å². The largest absolute Gasteiger partial charge is 0.481 e. The molecule has 5 heteroatoms. The van der Waals surface area contributed by atoms with Gasteiger partial charge in [0.25, 0.3) is 0 Å². The first-order valence-corrected chi connectivity index (χ1v) is 7.24. The van der Waals surface area contributed by atoms with Gasteiger partial charge in [-0.15, -0.1) is 0 Å². The van der Waals surface area contributed by atoms with E-state index in [1.165, 1.54) is 0 Å². The number of rotatable bonds is 5. The quantitative estimate of drug-likeness (QED) is 0.796. The number of nitrogens with one attached hydrogen (secondary N) is 1.